The summed E-state index contributed by atoms with van der Waals surface area (Å²) >= 11 is 0. The van der Waals surface area contributed by atoms with Crippen molar-refractivity contribution in [3.63, 3.8) is 0 Å². The number of sulfonamides is 1. The zero-order chi connectivity index (χ0) is 28.2. The van der Waals surface area contributed by atoms with Crippen LogP contribution in [0.5, 0.6) is 5.75 Å². The fourth-order valence-electron chi connectivity index (χ4n) is 4.30. The molecule has 10 heteroatoms. The minimum absolute atomic E-state index is 0.0239. The van der Waals surface area contributed by atoms with Crippen LogP contribution in [-0.4, -0.2) is 59.2 Å². The van der Waals surface area contributed by atoms with Crippen molar-refractivity contribution in [1.82, 2.24) is 4.98 Å². The number of benzene rings is 2. The van der Waals surface area contributed by atoms with Crippen LogP contribution in [0.2, 0.25) is 0 Å². The van der Waals surface area contributed by atoms with Gasteiger partial charge in [0, 0.05) is 36.7 Å². The molecule has 0 saturated heterocycles. The highest BCUT2D eigenvalue weighted by Crippen LogP contribution is 2.34. The first-order valence-electron chi connectivity index (χ1n) is 12.7. The van der Waals surface area contributed by atoms with Crippen LogP contribution in [0, 0.1) is 0 Å². The van der Waals surface area contributed by atoms with E-state index in [0.717, 1.165) is 28.6 Å². The first-order valence-corrected chi connectivity index (χ1v) is 14.6. The van der Waals surface area contributed by atoms with Crippen molar-refractivity contribution in [2.75, 3.05) is 49.5 Å². The summed E-state index contributed by atoms with van der Waals surface area (Å²) in [6.45, 7) is 7.58. The normalized spacial score (nSPS) is 13.8. The fourth-order valence-corrected chi connectivity index (χ4v) is 4.86. The van der Waals surface area contributed by atoms with E-state index >= 15 is 0 Å². The van der Waals surface area contributed by atoms with Gasteiger partial charge in [-0.25, -0.2) is 8.42 Å². The summed E-state index contributed by atoms with van der Waals surface area (Å²) in [7, 11) is -2.02. The van der Waals surface area contributed by atoms with E-state index in [9.17, 15) is 13.2 Å². The first-order chi connectivity index (χ1) is 18.5. The molecule has 0 atom stereocenters. The van der Waals surface area contributed by atoms with Gasteiger partial charge in [0.15, 0.2) is 6.79 Å². The molecule has 4 rings (SSSR count). The summed E-state index contributed by atoms with van der Waals surface area (Å²) in [6.07, 6.45) is 3.61. The van der Waals surface area contributed by atoms with Crippen molar-refractivity contribution in [3.8, 4) is 17.0 Å². The Morgan fingerprint density at radius 2 is 1.85 bits per heavy atom. The van der Waals surface area contributed by atoms with Gasteiger partial charge in [-0.1, -0.05) is 32.9 Å². The average molecular weight is 554 g/mol. The molecule has 0 saturated carbocycles. The number of rotatable bonds is 10. The molecule has 1 amide bonds. The summed E-state index contributed by atoms with van der Waals surface area (Å²) in [6, 6.07) is 14.8. The lowest BCUT2D eigenvalue weighted by atomic mass is 9.88. The van der Waals surface area contributed by atoms with Crippen LogP contribution in [0.3, 0.4) is 0 Å². The van der Waals surface area contributed by atoms with Crippen LogP contribution in [0.15, 0.2) is 54.7 Å². The van der Waals surface area contributed by atoms with Gasteiger partial charge < -0.3 is 19.1 Å². The van der Waals surface area contributed by atoms with Crippen molar-refractivity contribution in [2.45, 2.75) is 32.6 Å². The van der Waals surface area contributed by atoms with Gasteiger partial charge in [-0.3, -0.25) is 14.5 Å². The van der Waals surface area contributed by atoms with Gasteiger partial charge in [0.05, 0.1) is 30.9 Å². The maximum Gasteiger partial charge on any atom is 0.258 e. The Hall–Kier alpha value is -3.47. The van der Waals surface area contributed by atoms with E-state index in [1.54, 1.807) is 30.2 Å². The minimum atomic E-state index is -3.59. The molecule has 9 nitrogen and oxygen atoms in total. The van der Waals surface area contributed by atoms with Crippen molar-refractivity contribution < 1.29 is 27.4 Å². The molecule has 1 aliphatic heterocycles. The molecular formula is C29H35N3O6S. The van der Waals surface area contributed by atoms with E-state index in [-0.39, 0.29) is 23.8 Å². The lowest BCUT2D eigenvalue weighted by molar-refractivity contribution is -0.00813. The topological polar surface area (TPSA) is 107 Å². The number of hydrogen-bond donors (Lipinski definition) is 1. The van der Waals surface area contributed by atoms with Crippen LogP contribution in [0.1, 0.15) is 42.3 Å². The Bertz CT molecular complexity index is 1430. The molecular weight excluding hydrogens is 518 g/mol. The fraction of sp³-hybridized carbons (Fsp3) is 0.379. The average Bonchev–Trinajstić information content (AvgIpc) is 2.88. The molecule has 0 radical (unpaired) electrons. The van der Waals surface area contributed by atoms with Gasteiger partial charge in [-0.2, -0.15) is 0 Å². The number of amides is 1. The summed E-state index contributed by atoms with van der Waals surface area (Å²) in [4.78, 5) is 19.8. The van der Waals surface area contributed by atoms with Crippen LogP contribution < -0.4 is 14.4 Å². The molecule has 1 N–H and O–H groups in total. The maximum absolute atomic E-state index is 13.5. The highest BCUT2D eigenvalue weighted by atomic mass is 32.2. The van der Waals surface area contributed by atoms with E-state index in [1.165, 1.54) is 0 Å². The lowest BCUT2D eigenvalue weighted by Gasteiger charge is -2.29. The number of hydrogen-bond acceptors (Lipinski definition) is 7. The Morgan fingerprint density at radius 1 is 1.05 bits per heavy atom. The third-order valence-corrected chi connectivity index (χ3v) is 7.00. The first kappa shape index (κ1) is 28.5. The standard InChI is InChI=1S/C29H35N3O6S/c1-29(2,3)22-7-10-25(30-18-22)21-6-9-24-20(16-21)12-13-32(28(24)33)23-8-11-27(38-19-37-15-14-36-4)26(17-23)31-39(5,34)35/h6-11,16-18,31H,12-15,19H2,1-5H3. The van der Waals surface area contributed by atoms with Crippen molar-refractivity contribution in [3.05, 3.63) is 71.4 Å². The second-order valence-corrected chi connectivity index (χ2v) is 12.2. The Kier molecular flexibility index (Phi) is 8.58. The SMILES string of the molecule is COCCOCOc1ccc(N2CCc3cc(-c4ccc(C(C)(C)C)cn4)ccc3C2=O)cc1NS(C)(=O)=O. The lowest BCUT2D eigenvalue weighted by Crippen LogP contribution is -2.37. The highest BCUT2D eigenvalue weighted by Gasteiger charge is 2.27. The Labute approximate surface area is 230 Å². The molecule has 0 unspecified atom stereocenters. The highest BCUT2D eigenvalue weighted by molar-refractivity contribution is 7.92. The molecule has 1 aromatic heterocycles. The smallest absolute Gasteiger partial charge is 0.258 e. The van der Waals surface area contributed by atoms with Gasteiger partial charge >= 0.3 is 0 Å². The van der Waals surface area contributed by atoms with Gasteiger partial charge in [-0.15, -0.1) is 0 Å². The predicted molar refractivity (Wildman–Crippen MR) is 152 cm³/mol. The number of ether oxygens (including phenoxy) is 3. The molecule has 0 aliphatic carbocycles. The molecule has 0 fully saturated rings. The second-order valence-electron chi connectivity index (χ2n) is 10.5. The monoisotopic (exact) mass is 553 g/mol. The maximum atomic E-state index is 13.5. The minimum Gasteiger partial charge on any atom is -0.465 e. The molecule has 0 spiro atoms. The molecule has 208 valence electrons. The number of carbonyl (C=O) groups excluding carboxylic acids is 1. The third-order valence-electron chi connectivity index (χ3n) is 6.41. The largest absolute Gasteiger partial charge is 0.465 e. The molecule has 2 heterocycles. The van der Waals surface area contributed by atoms with Gasteiger partial charge in [0.25, 0.3) is 5.91 Å². The van der Waals surface area contributed by atoms with Crippen LogP contribution in [-0.2, 0) is 31.3 Å². The van der Waals surface area contributed by atoms with E-state index in [2.05, 4.69) is 36.5 Å². The summed E-state index contributed by atoms with van der Waals surface area (Å²) in [5.41, 5.74) is 5.37. The second kappa shape index (κ2) is 11.7. The third kappa shape index (κ3) is 7.14. The van der Waals surface area contributed by atoms with E-state index in [4.69, 9.17) is 14.2 Å². The Balaban J connectivity index is 1.55. The van der Waals surface area contributed by atoms with Crippen LogP contribution in [0.4, 0.5) is 11.4 Å². The predicted octanol–water partition coefficient (Wildman–Crippen LogP) is 4.62. The molecule has 39 heavy (non-hydrogen) atoms. The molecule has 1 aliphatic rings. The molecule has 2 aromatic carbocycles. The number of pyridine rings is 1. The number of anilines is 2. The summed E-state index contributed by atoms with van der Waals surface area (Å²) in [5.74, 6) is 0.141. The Morgan fingerprint density at radius 3 is 2.51 bits per heavy atom. The number of aromatic nitrogens is 1. The summed E-state index contributed by atoms with van der Waals surface area (Å²) in [5, 5.41) is 0. The van der Waals surface area contributed by atoms with Crippen molar-refractivity contribution >= 4 is 27.3 Å². The number of nitrogens with one attached hydrogen (secondary N) is 1. The number of fused-ring (bicyclic) bond motifs is 1. The number of nitrogens with zero attached hydrogens (tertiary/aromatic N) is 2. The van der Waals surface area contributed by atoms with Gasteiger partial charge in [0.2, 0.25) is 10.0 Å². The van der Waals surface area contributed by atoms with E-state index < -0.39 is 10.0 Å². The van der Waals surface area contributed by atoms with Crippen molar-refractivity contribution in [2.24, 2.45) is 0 Å². The van der Waals surface area contributed by atoms with Crippen molar-refractivity contribution in [1.29, 1.82) is 0 Å². The number of methoxy groups -OCH3 is 1. The van der Waals surface area contributed by atoms with Crippen LogP contribution in [0.25, 0.3) is 11.3 Å². The van der Waals surface area contributed by atoms with E-state index in [0.29, 0.717) is 43.2 Å². The zero-order valence-corrected chi connectivity index (χ0v) is 23.8. The summed E-state index contributed by atoms with van der Waals surface area (Å²) < 4.78 is 42.4. The molecule has 3 aromatic rings. The van der Waals surface area contributed by atoms with Gasteiger partial charge in [-0.05, 0) is 59.4 Å². The number of carbonyl (C=O) groups is 1. The van der Waals surface area contributed by atoms with Crippen LogP contribution >= 0.6 is 0 Å². The molecule has 0 bridgehead atoms. The van der Waals surface area contributed by atoms with Gasteiger partial charge in [0.1, 0.15) is 5.75 Å². The quantitative estimate of drug-likeness (QED) is 0.288. The van der Waals surface area contributed by atoms with E-state index in [1.807, 2.05) is 30.5 Å². The zero-order valence-electron chi connectivity index (χ0n) is 23.0.